The van der Waals surface area contributed by atoms with Crippen molar-refractivity contribution in [3.8, 4) is 28.0 Å². The third kappa shape index (κ3) is 5.92. The van der Waals surface area contributed by atoms with Gasteiger partial charge in [-0.15, -0.1) is 6.58 Å². The quantitative estimate of drug-likeness (QED) is 0.203. The summed E-state index contributed by atoms with van der Waals surface area (Å²) >= 11 is 0. The number of ether oxygens (including phenoxy) is 1. The summed E-state index contributed by atoms with van der Waals surface area (Å²) in [6.45, 7) is 6.34. The second kappa shape index (κ2) is 12.1. The fraction of sp³-hybridized carbons (Fsp3) is 0.312. The molecule has 1 aliphatic rings. The van der Waals surface area contributed by atoms with E-state index in [1.54, 1.807) is 36.4 Å². The van der Waals surface area contributed by atoms with Gasteiger partial charge in [0, 0.05) is 11.1 Å². The molecular weight excluding hydrogens is 457 g/mol. The average molecular weight is 491 g/mol. The first-order valence-electron chi connectivity index (χ1n) is 12.8. The third-order valence-electron chi connectivity index (χ3n) is 6.93. The summed E-state index contributed by atoms with van der Waals surface area (Å²) in [4.78, 5) is 0. The Hall–Kier alpha value is -3.27. The van der Waals surface area contributed by atoms with Crippen molar-refractivity contribution in [2.45, 2.75) is 51.9 Å². The maximum atomic E-state index is 15.0. The van der Waals surface area contributed by atoms with Gasteiger partial charge < -0.3 is 4.74 Å². The van der Waals surface area contributed by atoms with E-state index in [4.69, 9.17) is 4.74 Å². The number of allylic oxidation sites excluding steroid dienone is 3. The Bertz CT molecular complexity index is 1230. The van der Waals surface area contributed by atoms with Gasteiger partial charge in [-0.25, -0.2) is 8.78 Å². The average Bonchev–Trinajstić information content (AvgIpc) is 2.91. The highest BCUT2D eigenvalue weighted by Crippen LogP contribution is 2.35. The fourth-order valence-corrected chi connectivity index (χ4v) is 4.69. The lowest BCUT2D eigenvalue weighted by atomic mass is 9.86. The smallest absolute Gasteiger partial charge is 0.201 e. The molecule has 0 N–H and O–H groups in total. The van der Waals surface area contributed by atoms with Gasteiger partial charge in [-0.05, 0) is 72.1 Å². The third-order valence-corrected chi connectivity index (χ3v) is 6.93. The van der Waals surface area contributed by atoms with Crippen LogP contribution in [0.4, 0.5) is 13.2 Å². The second-order valence-electron chi connectivity index (χ2n) is 9.42. The second-order valence-corrected chi connectivity index (χ2v) is 9.42. The van der Waals surface area contributed by atoms with Gasteiger partial charge >= 0.3 is 0 Å². The van der Waals surface area contributed by atoms with E-state index < -0.39 is 11.6 Å². The lowest BCUT2D eigenvalue weighted by Gasteiger charge is -2.19. The summed E-state index contributed by atoms with van der Waals surface area (Å²) in [7, 11) is 0. The SMILES string of the molecule is C=CC1CC=C(c2ccc(-c3ccc(-c4ccc(OCCCCCC)c(F)c4F)cc3)c(F)c2)CC1. The number of hydrogen-bond acceptors (Lipinski definition) is 1. The van der Waals surface area contributed by atoms with Gasteiger partial charge in [-0.1, -0.05) is 74.7 Å². The van der Waals surface area contributed by atoms with Crippen LogP contribution in [0.3, 0.4) is 0 Å². The van der Waals surface area contributed by atoms with Crippen LogP contribution in [0.5, 0.6) is 5.75 Å². The van der Waals surface area contributed by atoms with Crippen molar-refractivity contribution in [3.05, 3.63) is 96.3 Å². The Kier molecular flexibility index (Phi) is 8.69. The molecular formula is C32H33F3O. The first-order chi connectivity index (χ1) is 17.5. The summed E-state index contributed by atoms with van der Waals surface area (Å²) < 4.78 is 49.9. The van der Waals surface area contributed by atoms with Crippen molar-refractivity contribution in [2.75, 3.05) is 6.61 Å². The summed E-state index contributed by atoms with van der Waals surface area (Å²) in [5.74, 6) is -1.80. The summed E-state index contributed by atoms with van der Waals surface area (Å²) in [6.07, 6.45) is 11.0. The Balaban J connectivity index is 1.48. The number of hydrogen-bond donors (Lipinski definition) is 0. The van der Waals surface area contributed by atoms with Gasteiger partial charge in [-0.2, -0.15) is 4.39 Å². The van der Waals surface area contributed by atoms with Crippen molar-refractivity contribution >= 4 is 5.57 Å². The molecule has 4 heteroatoms. The molecule has 3 aromatic rings. The first kappa shape index (κ1) is 25.8. The predicted octanol–water partition coefficient (Wildman–Crippen LogP) is 9.77. The van der Waals surface area contributed by atoms with Gasteiger partial charge in [-0.3, -0.25) is 0 Å². The van der Waals surface area contributed by atoms with Gasteiger partial charge in [0.15, 0.2) is 11.6 Å². The fourth-order valence-electron chi connectivity index (χ4n) is 4.69. The molecule has 0 aromatic heterocycles. The van der Waals surface area contributed by atoms with Crippen molar-refractivity contribution < 1.29 is 17.9 Å². The normalized spacial score (nSPS) is 15.4. The molecule has 36 heavy (non-hydrogen) atoms. The Morgan fingerprint density at radius 2 is 1.56 bits per heavy atom. The predicted molar refractivity (Wildman–Crippen MR) is 142 cm³/mol. The molecule has 4 rings (SSSR count). The number of halogens is 3. The molecule has 1 unspecified atom stereocenters. The summed E-state index contributed by atoms with van der Waals surface area (Å²) in [5.41, 5.74) is 3.89. The molecule has 0 saturated carbocycles. The lowest BCUT2D eigenvalue weighted by Crippen LogP contribution is -2.02. The molecule has 0 saturated heterocycles. The Morgan fingerprint density at radius 1 is 0.861 bits per heavy atom. The van der Waals surface area contributed by atoms with E-state index in [9.17, 15) is 8.78 Å². The Morgan fingerprint density at radius 3 is 2.19 bits per heavy atom. The van der Waals surface area contributed by atoms with Crippen LogP contribution in [-0.4, -0.2) is 6.61 Å². The van der Waals surface area contributed by atoms with Crippen LogP contribution < -0.4 is 4.74 Å². The zero-order valence-electron chi connectivity index (χ0n) is 20.8. The zero-order chi connectivity index (χ0) is 25.5. The molecule has 0 radical (unpaired) electrons. The zero-order valence-corrected chi connectivity index (χ0v) is 20.8. The van der Waals surface area contributed by atoms with E-state index in [1.807, 2.05) is 12.1 Å². The van der Waals surface area contributed by atoms with Crippen LogP contribution in [-0.2, 0) is 0 Å². The van der Waals surface area contributed by atoms with Crippen molar-refractivity contribution in [3.63, 3.8) is 0 Å². The maximum absolute atomic E-state index is 15.0. The minimum Gasteiger partial charge on any atom is -0.490 e. The van der Waals surface area contributed by atoms with E-state index in [0.717, 1.165) is 50.5 Å². The van der Waals surface area contributed by atoms with Crippen molar-refractivity contribution in [2.24, 2.45) is 5.92 Å². The number of benzene rings is 3. The van der Waals surface area contributed by atoms with Crippen LogP contribution in [0.15, 0.2) is 73.3 Å². The van der Waals surface area contributed by atoms with E-state index in [-0.39, 0.29) is 17.1 Å². The van der Waals surface area contributed by atoms with Gasteiger partial charge in [0.25, 0.3) is 0 Å². The van der Waals surface area contributed by atoms with Crippen LogP contribution in [0, 0.1) is 23.4 Å². The van der Waals surface area contributed by atoms with Crippen LogP contribution in [0.2, 0.25) is 0 Å². The minimum absolute atomic E-state index is 0.0698. The summed E-state index contributed by atoms with van der Waals surface area (Å²) in [5, 5.41) is 0. The lowest BCUT2D eigenvalue weighted by molar-refractivity contribution is 0.285. The van der Waals surface area contributed by atoms with E-state index >= 15 is 4.39 Å². The van der Waals surface area contributed by atoms with Crippen molar-refractivity contribution in [1.82, 2.24) is 0 Å². The van der Waals surface area contributed by atoms with Gasteiger partial charge in [0.1, 0.15) is 5.82 Å². The van der Waals surface area contributed by atoms with E-state index in [2.05, 4.69) is 19.6 Å². The van der Waals surface area contributed by atoms with Gasteiger partial charge in [0.2, 0.25) is 5.82 Å². The molecule has 3 aromatic carbocycles. The molecule has 0 fully saturated rings. The van der Waals surface area contributed by atoms with E-state index in [1.165, 1.54) is 17.7 Å². The molecule has 0 heterocycles. The van der Waals surface area contributed by atoms with E-state index in [0.29, 0.717) is 29.2 Å². The highest BCUT2D eigenvalue weighted by molar-refractivity contribution is 5.74. The van der Waals surface area contributed by atoms with Crippen LogP contribution in [0.25, 0.3) is 27.8 Å². The minimum atomic E-state index is -0.981. The van der Waals surface area contributed by atoms with Crippen LogP contribution >= 0.6 is 0 Å². The monoisotopic (exact) mass is 490 g/mol. The highest BCUT2D eigenvalue weighted by Gasteiger charge is 2.17. The standard InChI is InChI=1S/C32H33F3O/c1-3-5-6-7-20-36-30-19-18-28(31(34)32(30)35)25-14-12-24(13-15-25)27-17-16-26(21-29(27)33)23-10-8-22(4-2)9-11-23/h4,10,12-19,21-22H,2-3,5-9,11,20H2,1H3. The number of unbranched alkanes of at least 4 members (excludes halogenated alkanes) is 3. The van der Waals surface area contributed by atoms with Crippen molar-refractivity contribution in [1.29, 1.82) is 0 Å². The topological polar surface area (TPSA) is 9.23 Å². The molecule has 1 nitrogen and oxygen atoms in total. The van der Waals surface area contributed by atoms with Crippen LogP contribution in [0.1, 0.15) is 57.4 Å². The first-order valence-corrected chi connectivity index (χ1v) is 12.8. The molecule has 0 bridgehead atoms. The molecule has 0 aliphatic heterocycles. The molecule has 188 valence electrons. The number of rotatable bonds is 10. The largest absolute Gasteiger partial charge is 0.490 e. The molecule has 1 atom stereocenters. The molecule has 0 amide bonds. The van der Waals surface area contributed by atoms with Gasteiger partial charge in [0.05, 0.1) is 6.61 Å². The maximum Gasteiger partial charge on any atom is 0.201 e. The molecule has 0 spiro atoms. The Labute approximate surface area is 212 Å². The summed E-state index contributed by atoms with van der Waals surface area (Å²) in [6, 6.07) is 15.1. The highest BCUT2D eigenvalue weighted by atomic mass is 19.2. The molecule has 1 aliphatic carbocycles.